The van der Waals surface area contributed by atoms with Crippen LogP contribution in [0.2, 0.25) is 0 Å². The van der Waals surface area contributed by atoms with Crippen molar-refractivity contribution in [2.45, 2.75) is 26.7 Å². The van der Waals surface area contributed by atoms with Crippen LogP contribution in [-0.2, 0) is 0 Å². The van der Waals surface area contributed by atoms with Crippen LogP contribution < -0.4 is 0 Å². The van der Waals surface area contributed by atoms with E-state index < -0.39 is 0 Å². The number of hydrogen-bond donors (Lipinski definition) is 0. The second kappa shape index (κ2) is 6.53. The third-order valence-electron chi connectivity index (χ3n) is 4.00. The zero-order valence-corrected chi connectivity index (χ0v) is 13.0. The van der Waals surface area contributed by atoms with Crippen molar-refractivity contribution in [3.63, 3.8) is 0 Å². The Morgan fingerprint density at radius 1 is 0.952 bits per heavy atom. The summed E-state index contributed by atoms with van der Waals surface area (Å²) in [6, 6.07) is 16.1. The minimum atomic E-state index is -0.118. The second-order valence-electron chi connectivity index (χ2n) is 5.69. The highest BCUT2D eigenvalue weighted by molar-refractivity contribution is 5.98. The smallest absolute Gasteiger partial charge is 0.166 e. The molecule has 0 fully saturated rings. The van der Waals surface area contributed by atoms with E-state index in [1.807, 2.05) is 44.2 Å². The number of Topliss-reactive ketones (excluding diaryl/α,β-unsaturated/α-hetero) is 1. The molecule has 0 amide bonds. The van der Waals surface area contributed by atoms with Crippen LogP contribution in [0.4, 0.5) is 0 Å². The molecule has 0 radical (unpaired) electrons. The zero-order valence-electron chi connectivity index (χ0n) is 13.0. The summed E-state index contributed by atoms with van der Waals surface area (Å²) in [5.74, 6) is 0.0905. The van der Waals surface area contributed by atoms with Crippen LogP contribution in [-0.4, -0.2) is 5.78 Å². The Morgan fingerprint density at radius 2 is 1.43 bits per heavy atom. The van der Waals surface area contributed by atoms with Gasteiger partial charge in [0, 0.05) is 17.4 Å². The average Bonchev–Trinajstić information content (AvgIpc) is 2.50. The van der Waals surface area contributed by atoms with Crippen molar-refractivity contribution in [2.75, 3.05) is 0 Å². The quantitative estimate of drug-likeness (QED) is 0.550. The van der Waals surface area contributed by atoms with Crippen molar-refractivity contribution in [3.05, 3.63) is 83.4 Å². The van der Waals surface area contributed by atoms with Crippen LogP contribution in [0.5, 0.6) is 0 Å². The van der Waals surface area contributed by atoms with E-state index >= 15 is 0 Å². The molecule has 0 aromatic heterocycles. The van der Waals surface area contributed by atoms with Gasteiger partial charge in [0.25, 0.3) is 0 Å². The van der Waals surface area contributed by atoms with E-state index in [0.29, 0.717) is 0 Å². The molecule has 0 aliphatic heterocycles. The Balaban J connectivity index is 2.25. The second-order valence-corrected chi connectivity index (χ2v) is 5.69. The van der Waals surface area contributed by atoms with E-state index in [1.165, 1.54) is 5.56 Å². The predicted octanol–water partition coefficient (Wildman–Crippen LogP) is 5.09. The monoisotopic (exact) mass is 278 g/mol. The molecule has 21 heavy (non-hydrogen) atoms. The fourth-order valence-corrected chi connectivity index (χ4v) is 2.56. The molecule has 0 aliphatic rings. The van der Waals surface area contributed by atoms with Crippen molar-refractivity contribution in [1.29, 1.82) is 0 Å². The molecule has 0 aliphatic carbocycles. The molecule has 0 saturated carbocycles. The minimum Gasteiger partial charge on any atom is -0.294 e. The van der Waals surface area contributed by atoms with Gasteiger partial charge in [-0.2, -0.15) is 0 Å². The van der Waals surface area contributed by atoms with Crippen molar-refractivity contribution >= 4 is 5.78 Å². The van der Waals surface area contributed by atoms with Gasteiger partial charge in [-0.15, -0.1) is 6.58 Å². The molecule has 0 saturated heterocycles. The third kappa shape index (κ3) is 3.49. The fourth-order valence-electron chi connectivity index (χ4n) is 2.56. The van der Waals surface area contributed by atoms with E-state index in [-0.39, 0.29) is 17.6 Å². The molecule has 2 aromatic carbocycles. The standard InChI is InChI=1S/C20H22O/c1-5-19(17-10-6-14(2)7-11-17)16(4)20(21)18-12-8-15(3)9-13-18/h5-13,16,19H,1H2,2-4H3. The summed E-state index contributed by atoms with van der Waals surface area (Å²) >= 11 is 0. The van der Waals surface area contributed by atoms with Crippen LogP contribution >= 0.6 is 0 Å². The largest absolute Gasteiger partial charge is 0.294 e. The Bertz CT molecular complexity index is 620. The minimum absolute atomic E-state index is 0.0411. The Kier molecular flexibility index (Phi) is 4.74. The molecule has 0 N–H and O–H groups in total. The SMILES string of the molecule is C=CC(c1ccc(C)cc1)C(C)C(=O)c1ccc(C)cc1. The lowest BCUT2D eigenvalue weighted by Crippen LogP contribution is -2.18. The van der Waals surface area contributed by atoms with Crippen LogP contribution in [0.1, 0.15) is 39.9 Å². The molecule has 0 spiro atoms. The van der Waals surface area contributed by atoms with E-state index in [1.54, 1.807) is 0 Å². The van der Waals surface area contributed by atoms with Gasteiger partial charge in [0.2, 0.25) is 0 Å². The summed E-state index contributed by atoms with van der Waals surface area (Å²) in [7, 11) is 0. The number of carbonyl (C=O) groups excluding carboxylic acids is 1. The van der Waals surface area contributed by atoms with Crippen molar-refractivity contribution < 1.29 is 4.79 Å². The highest BCUT2D eigenvalue weighted by Gasteiger charge is 2.24. The van der Waals surface area contributed by atoms with Gasteiger partial charge >= 0.3 is 0 Å². The van der Waals surface area contributed by atoms with Gasteiger partial charge in [0.15, 0.2) is 5.78 Å². The maximum Gasteiger partial charge on any atom is 0.166 e. The topological polar surface area (TPSA) is 17.1 Å². The molecule has 0 heterocycles. The maximum atomic E-state index is 12.6. The van der Waals surface area contributed by atoms with E-state index in [0.717, 1.165) is 16.7 Å². The normalized spacial score (nSPS) is 13.5. The summed E-state index contributed by atoms with van der Waals surface area (Å²) in [4.78, 5) is 12.6. The predicted molar refractivity (Wildman–Crippen MR) is 88.8 cm³/mol. The number of allylic oxidation sites excluding steroid dienone is 1. The van der Waals surface area contributed by atoms with Gasteiger partial charge in [-0.25, -0.2) is 0 Å². The molecule has 1 nitrogen and oxygen atoms in total. The first-order valence-corrected chi connectivity index (χ1v) is 7.33. The molecule has 2 aromatic rings. The van der Waals surface area contributed by atoms with Crippen molar-refractivity contribution in [2.24, 2.45) is 5.92 Å². The van der Waals surface area contributed by atoms with E-state index in [2.05, 4.69) is 37.8 Å². The Labute approximate surface area is 127 Å². The summed E-state index contributed by atoms with van der Waals surface area (Å²) in [5, 5.41) is 0. The lowest BCUT2D eigenvalue weighted by atomic mass is 9.82. The highest BCUT2D eigenvalue weighted by Crippen LogP contribution is 2.28. The van der Waals surface area contributed by atoms with E-state index in [9.17, 15) is 4.79 Å². The number of hydrogen-bond acceptors (Lipinski definition) is 1. The fraction of sp³-hybridized carbons (Fsp3) is 0.250. The van der Waals surface area contributed by atoms with Crippen LogP contribution in [0.25, 0.3) is 0 Å². The molecular weight excluding hydrogens is 256 g/mol. The van der Waals surface area contributed by atoms with Gasteiger partial charge < -0.3 is 0 Å². The van der Waals surface area contributed by atoms with Gasteiger partial charge in [-0.05, 0) is 19.4 Å². The number of carbonyl (C=O) groups is 1. The number of aryl methyl sites for hydroxylation is 2. The van der Waals surface area contributed by atoms with Crippen molar-refractivity contribution in [3.8, 4) is 0 Å². The van der Waals surface area contributed by atoms with Gasteiger partial charge in [0.1, 0.15) is 0 Å². The first kappa shape index (κ1) is 15.2. The zero-order chi connectivity index (χ0) is 15.4. The summed E-state index contributed by atoms with van der Waals surface area (Å²) in [6.45, 7) is 9.99. The number of rotatable bonds is 5. The molecule has 0 bridgehead atoms. The van der Waals surface area contributed by atoms with Crippen LogP contribution in [0, 0.1) is 19.8 Å². The molecule has 2 unspecified atom stereocenters. The molecular formula is C20H22O. The summed E-state index contributed by atoms with van der Waals surface area (Å²) in [6.07, 6.45) is 1.88. The van der Waals surface area contributed by atoms with E-state index in [4.69, 9.17) is 0 Å². The Hall–Kier alpha value is -2.15. The van der Waals surface area contributed by atoms with Crippen LogP contribution in [0.15, 0.2) is 61.2 Å². The average molecular weight is 278 g/mol. The molecule has 108 valence electrons. The summed E-state index contributed by atoms with van der Waals surface area (Å²) < 4.78 is 0. The van der Waals surface area contributed by atoms with Crippen molar-refractivity contribution in [1.82, 2.24) is 0 Å². The third-order valence-corrected chi connectivity index (χ3v) is 4.00. The van der Waals surface area contributed by atoms with Gasteiger partial charge in [0.05, 0.1) is 0 Å². The highest BCUT2D eigenvalue weighted by atomic mass is 16.1. The summed E-state index contributed by atoms with van der Waals surface area (Å²) in [5.41, 5.74) is 4.30. The lowest BCUT2D eigenvalue weighted by molar-refractivity contribution is 0.0921. The first-order valence-electron chi connectivity index (χ1n) is 7.33. The number of benzene rings is 2. The molecule has 1 heteroatoms. The molecule has 2 rings (SSSR count). The maximum absolute atomic E-state index is 12.6. The van der Waals surface area contributed by atoms with Gasteiger partial charge in [-0.3, -0.25) is 4.79 Å². The van der Waals surface area contributed by atoms with Crippen LogP contribution in [0.3, 0.4) is 0 Å². The lowest BCUT2D eigenvalue weighted by Gasteiger charge is -2.20. The Morgan fingerprint density at radius 3 is 1.90 bits per heavy atom. The molecule has 2 atom stereocenters. The number of ketones is 1. The van der Waals surface area contributed by atoms with Gasteiger partial charge in [-0.1, -0.05) is 72.7 Å². The first-order chi connectivity index (χ1) is 10.0.